The zero-order valence-corrected chi connectivity index (χ0v) is 11.9. The molecule has 2 rings (SSSR count). The zero-order chi connectivity index (χ0) is 13.7. The van der Waals surface area contributed by atoms with Crippen LogP contribution in [-0.4, -0.2) is 30.4 Å². The van der Waals surface area contributed by atoms with Gasteiger partial charge in [0.15, 0.2) is 0 Å². The molecule has 2 N–H and O–H groups in total. The second-order valence-corrected chi connectivity index (χ2v) is 5.80. The number of aliphatic hydroxyl groups is 1. The van der Waals surface area contributed by atoms with Gasteiger partial charge in [0.05, 0.1) is 6.61 Å². The monoisotopic (exact) mass is 263 g/mol. The summed E-state index contributed by atoms with van der Waals surface area (Å²) in [6, 6.07) is 8.43. The van der Waals surface area contributed by atoms with Crippen LogP contribution in [0, 0.1) is 5.92 Å². The Hall–Kier alpha value is -1.06. The Labute approximate surface area is 116 Å². The van der Waals surface area contributed by atoms with Crippen LogP contribution in [0.1, 0.15) is 32.3 Å². The van der Waals surface area contributed by atoms with Crippen molar-refractivity contribution in [3.05, 3.63) is 29.8 Å². The van der Waals surface area contributed by atoms with E-state index >= 15 is 0 Å². The lowest BCUT2D eigenvalue weighted by Crippen LogP contribution is -2.41. The Kier molecular flexibility index (Phi) is 5.23. The van der Waals surface area contributed by atoms with Crippen molar-refractivity contribution in [2.45, 2.75) is 45.3 Å². The molecule has 0 aliphatic carbocycles. The molecule has 3 nitrogen and oxygen atoms in total. The smallest absolute Gasteiger partial charge is 0.122 e. The van der Waals surface area contributed by atoms with Crippen molar-refractivity contribution in [2.24, 2.45) is 5.92 Å². The second-order valence-electron chi connectivity index (χ2n) is 5.80. The van der Waals surface area contributed by atoms with Gasteiger partial charge in [-0.1, -0.05) is 32.0 Å². The standard InChI is InChI=1S/C16H25NO2/c1-12(2)9-14(11-18)17-10-15-8-7-13-5-3-4-6-16(13)19-15/h3-6,12,14-15,17-18H,7-11H2,1-2H3/t14-,15?/m1/s1. The number of ether oxygens (including phenoxy) is 1. The maximum Gasteiger partial charge on any atom is 0.122 e. The average molecular weight is 263 g/mol. The minimum Gasteiger partial charge on any atom is -0.489 e. The Morgan fingerprint density at radius 3 is 2.89 bits per heavy atom. The zero-order valence-electron chi connectivity index (χ0n) is 11.9. The number of nitrogens with one attached hydrogen (secondary N) is 1. The van der Waals surface area contributed by atoms with E-state index in [0.717, 1.165) is 31.6 Å². The van der Waals surface area contributed by atoms with Gasteiger partial charge in [-0.25, -0.2) is 0 Å². The van der Waals surface area contributed by atoms with Crippen molar-refractivity contribution in [3.63, 3.8) is 0 Å². The van der Waals surface area contributed by atoms with Gasteiger partial charge in [-0.2, -0.15) is 0 Å². The van der Waals surface area contributed by atoms with E-state index in [1.807, 2.05) is 12.1 Å². The van der Waals surface area contributed by atoms with Crippen LogP contribution >= 0.6 is 0 Å². The molecule has 0 amide bonds. The molecule has 0 saturated carbocycles. The lowest BCUT2D eigenvalue weighted by Gasteiger charge is -2.28. The van der Waals surface area contributed by atoms with Gasteiger partial charge in [0.1, 0.15) is 11.9 Å². The largest absolute Gasteiger partial charge is 0.489 e. The highest BCUT2D eigenvalue weighted by Gasteiger charge is 2.20. The predicted octanol–water partition coefficient (Wildman–Crippen LogP) is 2.38. The molecule has 0 saturated heterocycles. The first-order chi connectivity index (χ1) is 9.19. The Bertz CT molecular complexity index is 392. The molecule has 1 aliphatic rings. The summed E-state index contributed by atoms with van der Waals surface area (Å²) in [7, 11) is 0. The molecule has 0 aromatic heterocycles. The van der Waals surface area contributed by atoms with Gasteiger partial charge in [-0.15, -0.1) is 0 Å². The first kappa shape index (κ1) is 14.4. The molecule has 106 valence electrons. The molecular formula is C16H25NO2. The minimum absolute atomic E-state index is 0.181. The van der Waals surface area contributed by atoms with Crippen LogP contribution in [0.4, 0.5) is 0 Å². The van der Waals surface area contributed by atoms with Crippen molar-refractivity contribution < 1.29 is 9.84 Å². The predicted molar refractivity (Wildman–Crippen MR) is 77.5 cm³/mol. The third kappa shape index (κ3) is 4.22. The van der Waals surface area contributed by atoms with Gasteiger partial charge in [0.25, 0.3) is 0 Å². The molecule has 2 atom stereocenters. The van der Waals surface area contributed by atoms with Crippen molar-refractivity contribution in [1.82, 2.24) is 5.32 Å². The molecule has 0 spiro atoms. The summed E-state index contributed by atoms with van der Waals surface area (Å²) >= 11 is 0. The third-order valence-corrected chi connectivity index (χ3v) is 3.61. The van der Waals surface area contributed by atoms with E-state index in [4.69, 9.17) is 4.74 Å². The first-order valence-corrected chi connectivity index (χ1v) is 7.28. The summed E-state index contributed by atoms with van der Waals surface area (Å²) in [6.07, 6.45) is 3.34. The van der Waals surface area contributed by atoms with Crippen molar-refractivity contribution in [1.29, 1.82) is 0 Å². The number of hydrogen-bond acceptors (Lipinski definition) is 3. The van der Waals surface area contributed by atoms with Crippen molar-refractivity contribution in [2.75, 3.05) is 13.2 Å². The molecule has 0 bridgehead atoms. The average Bonchev–Trinajstić information content (AvgIpc) is 2.42. The number of aliphatic hydroxyl groups excluding tert-OH is 1. The summed E-state index contributed by atoms with van der Waals surface area (Å²) in [4.78, 5) is 0. The van der Waals surface area contributed by atoms with Crippen molar-refractivity contribution in [3.8, 4) is 5.75 Å². The van der Waals surface area contributed by atoms with Gasteiger partial charge in [0.2, 0.25) is 0 Å². The highest BCUT2D eigenvalue weighted by Crippen LogP contribution is 2.26. The lowest BCUT2D eigenvalue weighted by molar-refractivity contribution is 0.152. The Morgan fingerprint density at radius 2 is 2.16 bits per heavy atom. The van der Waals surface area contributed by atoms with Crippen LogP contribution in [0.15, 0.2) is 24.3 Å². The SMILES string of the molecule is CC(C)C[C@H](CO)NCC1CCc2ccccc2O1. The molecule has 19 heavy (non-hydrogen) atoms. The fourth-order valence-electron chi connectivity index (χ4n) is 2.61. The quantitative estimate of drug-likeness (QED) is 0.828. The van der Waals surface area contributed by atoms with E-state index in [-0.39, 0.29) is 18.8 Å². The van der Waals surface area contributed by atoms with Crippen LogP contribution in [-0.2, 0) is 6.42 Å². The highest BCUT2D eigenvalue weighted by molar-refractivity contribution is 5.35. The Morgan fingerprint density at radius 1 is 1.37 bits per heavy atom. The van der Waals surface area contributed by atoms with Crippen LogP contribution in [0.5, 0.6) is 5.75 Å². The minimum atomic E-state index is 0.181. The van der Waals surface area contributed by atoms with Crippen molar-refractivity contribution >= 4 is 0 Å². The Balaban J connectivity index is 1.82. The highest BCUT2D eigenvalue weighted by atomic mass is 16.5. The normalized spacial score (nSPS) is 19.9. The fraction of sp³-hybridized carbons (Fsp3) is 0.625. The molecule has 1 aromatic rings. The summed E-state index contributed by atoms with van der Waals surface area (Å²) < 4.78 is 5.99. The summed E-state index contributed by atoms with van der Waals surface area (Å²) in [5.74, 6) is 1.61. The number of benzene rings is 1. The molecule has 1 unspecified atom stereocenters. The molecule has 1 aromatic carbocycles. The molecule has 1 heterocycles. The molecule has 0 radical (unpaired) electrons. The maximum absolute atomic E-state index is 9.36. The third-order valence-electron chi connectivity index (χ3n) is 3.61. The molecular weight excluding hydrogens is 238 g/mol. The van der Waals surface area contributed by atoms with E-state index in [2.05, 4.69) is 31.3 Å². The second kappa shape index (κ2) is 6.92. The van der Waals surface area contributed by atoms with Crippen LogP contribution in [0.2, 0.25) is 0 Å². The van der Waals surface area contributed by atoms with Gasteiger partial charge < -0.3 is 15.2 Å². The number of fused-ring (bicyclic) bond motifs is 1. The number of aryl methyl sites for hydroxylation is 1. The van der Waals surface area contributed by atoms with E-state index in [1.165, 1.54) is 5.56 Å². The topological polar surface area (TPSA) is 41.5 Å². The first-order valence-electron chi connectivity index (χ1n) is 7.28. The maximum atomic E-state index is 9.36. The molecule has 1 aliphatic heterocycles. The van der Waals surface area contributed by atoms with Gasteiger partial charge in [0, 0.05) is 12.6 Å². The molecule has 3 heteroatoms. The summed E-state index contributed by atoms with van der Waals surface area (Å²) in [6.45, 7) is 5.36. The van der Waals surface area contributed by atoms with Crippen LogP contribution in [0.25, 0.3) is 0 Å². The van der Waals surface area contributed by atoms with Crippen LogP contribution in [0.3, 0.4) is 0 Å². The number of para-hydroxylation sites is 1. The fourth-order valence-corrected chi connectivity index (χ4v) is 2.61. The molecule has 0 fully saturated rings. The van der Waals surface area contributed by atoms with Gasteiger partial charge in [-0.3, -0.25) is 0 Å². The van der Waals surface area contributed by atoms with E-state index in [9.17, 15) is 5.11 Å². The van der Waals surface area contributed by atoms with E-state index < -0.39 is 0 Å². The van der Waals surface area contributed by atoms with Crippen LogP contribution < -0.4 is 10.1 Å². The lowest BCUT2D eigenvalue weighted by atomic mass is 10.0. The number of rotatable bonds is 6. The van der Waals surface area contributed by atoms with Gasteiger partial charge in [-0.05, 0) is 36.8 Å². The van der Waals surface area contributed by atoms with E-state index in [1.54, 1.807) is 0 Å². The van der Waals surface area contributed by atoms with Gasteiger partial charge >= 0.3 is 0 Å². The van der Waals surface area contributed by atoms with E-state index in [0.29, 0.717) is 5.92 Å². The number of hydrogen-bond donors (Lipinski definition) is 2. The summed E-state index contributed by atoms with van der Waals surface area (Å²) in [5.41, 5.74) is 1.31. The summed E-state index contributed by atoms with van der Waals surface area (Å²) in [5, 5.41) is 12.8.